The molecule has 2 aromatic heterocycles. The van der Waals surface area contributed by atoms with Crippen molar-refractivity contribution in [2.24, 2.45) is 11.8 Å². The van der Waals surface area contributed by atoms with Crippen molar-refractivity contribution in [2.75, 3.05) is 0 Å². The van der Waals surface area contributed by atoms with Crippen molar-refractivity contribution in [1.82, 2.24) is 0 Å². The number of hydrogen-bond donors (Lipinski definition) is 0. The molecule has 0 aromatic carbocycles. The van der Waals surface area contributed by atoms with E-state index < -0.39 is 0 Å². The Morgan fingerprint density at radius 1 is 0.720 bits per heavy atom. The molecule has 0 unspecified atom stereocenters. The van der Waals surface area contributed by atoms with Crippen molar-refractivity contribution < 1.29 is 0 Å². The molecule has 25 heavy (non-hydrogen) atoms. The molecule has 2 heterocycles. The zero-order chi connectivity index (χ0) is 17.5. The van der Waals surface area contributed by atoms with Crippen LogP contribution >= 0.6 is 22.7 Å². The van der Waals surface area contributed by atoms with Gasteiger partial charge in [-0.3, -0.25) is 0 Å². The fraction of sp³-hybridized carbons (Fsp3) is 0.739. The van der Waals surface area contributed by atoms with Gasteiger partial charge in [-0.05, 0) is 49.7 Å². The molecule has 0 saturated heterocycles. The second kappa shape index (κ2) is 10.1. The number of fused-ring (bicyclic) bond motifs is 1. The molecule has 0 bridgehead atoms. The van der Waals surface area contributed by atoms with Crippen LogP contribution in [-0.2, 0) is 12.8 Å². The van der Waals surface area contributed by atoms with Crippen molar-refractivity contribution in [2.45, 2.75) is 97.3 Å². The van der Waals surface area contributed by atoms with Gasteiger partial charge in [0.2, 0.25) is 0 Å². The molecule has 0 radical (unpaired) electrons. The summed E-state index contributed by atoms with van der Waals surface area (Å²) in [7, 11) is 0. The molecular weight excluding hydrogens is 340 g/mol. The van der Waals surface area contributed by atoms with Gasteiger partial charge in [-0.1, -0.05) is 71.6 Å². The maximum absolute atomic E-state index is 2.50. The highest BCUT2D eigenvalue weighted by atomic mass is 32.1. The quantitative estimate of drug-likeness (QED) is 0.364. The van der Waals surface area contributed by atoms with Crippen molar-refractivity contribution in [3.05, 3.63) is 21.9 Å². The minimum atomic E-state index is 1.00. The molecule has 0 amide bonds. The third-order valence-corrected chi connectivity index (χ3v) is 8.48. The average Bonchev–Trinajstić information content (AvgIpc) is 3.17. The summed E-state index contributed by atoms with van der Waals surface area (Å²) in [6, 6.07) is 4.98. The van der Waals surface area contributed by atoms with Gasteiger partial charge in [-0.15, -0.1) is 22.7 Å². The predicted octanol–water partition coefficient (Wildman–Crippen LogP) is 8.62. The van der Waals surface area contributed by atoms with Gasteiger partial charge < -0.3 is 0 Å². The maximum atomic E-state index is 2.50. The molecule has 0 nitrogen and oxygen atoms in total. The maximum Gasteiger partial charge on any atom is 0.0456 e. The van der Waals surface area contributed by atoms with Crippen LogP contribution in [0.15, 0.2) is 12.1 Å². The first kappa shape index (κ1) is 19.4. The first-order valence-electron chi connectivity index (χ1n) is 10.8. The lowest BCUT2D eigenvalue weighted by Crippen LogP contribution is -2.15. The lowest BCUT2D eigenvalue weighted by Gasteiger charge is -2.28. The van der Waals surface area contributed by atoms with E-state index in [1.54, 1.807) is 19.2 Å². The summed E-state index contributed by atoms with van der Waals surface area (Å²) in [4.78, 5) is 3.24. The number of unbranched alkanes of at least 4 members (excludes halogenated alkanes) is 3. The van der Waals surface area contributed by atoms with E-state index in [-0.39, 0.29) is 0 Å². The zero-order valence-electron chi connectivity index (χ0n) is 16.3. The Hall–Kier alpha value is -0.340. The lowest BCUT2D eigenvalue weighted by atomic mass is 9.78. The molecule has 140 valence electrons. The van der Waals surface area contributed by atoms with E-state index in [0.717, 1.165) is 11.8 Å². The molecule has 1 aliphatic rings. The van der Waals surface area contributed by atoms with Crippen LogP contribution < -0.4 is 0 Å². The fourth-order valence-electron chi connectivity index (χ4n) is 4.38. The number of rotatable bonds is 10. The molecule has 1 aliphatic carbocycles. The predicted molar refractivity (Wildman–Crippen MR) is 116 cm³/mol. The van der Waals surface area contributed by atoms with Gasteiger partial charge in [0.1, 0.15) is 0 Å². The Bertz CT molecular complexity index is 582. The fourth-order valence-corrected chi connectivity index (χ4v) is 6.88. The van der Waals surface area contributed by atoms with E-state index in [1.165, 1.54) is 83.5 Å². The molecule has 0 aliphatic heterocycles. The van der Waals surface area contributed by atoms with Gasteiger partial charge >= 0.3 is 0 Å². The SMILES string of the molecule is CCCCCc1cc2sc(CCC3CCC(CCCC)CC3)cc2s1. The molecule has 2 aromatic rings. The van der Waals surface area contributed by atoms with Crippen LogP contribution in [0.2, 0.25) is 0 Å². The Balaban J connectivity index is 1.42. The van der Waals surface area contributed by atoms with Crippen LogP contribution in [0.1, 0.15) is 94.2 Å². The highest BCUT2D eigenvalue weighted by molar-refractivity contribution is 7.27. The molecule has 3 rings (SSSR count). The molecule has 1 fully saturated rings. The summed E-state index contributed by atoms with van der Waals surface area (Å²) < 4.78 is 3.10. The second-order valence-corrected chi connectivity index (χ2v) is 10.5. The lowest BCUT2D eigenvalue weighted by molar-refractivity contribution is 0.250. The zero-order valence-corrected chi connectivity index (χ0v) is 18.0. The molecule has 1 saturated carbocycles. The third kappa shape index (κ3) is 5.82. The van der Waals surface area contributed by atoms with Crippen molar-refractivity contribution in [3.8, 4) is 0 Å². The van der Waals surface area contributed by atoms with Gasteiger partial charge in [-0.25, -0.2) is 0 Å². The topological polar surface area (TPSA) is 0 Å². The first-order valence-corrected chi connectivity index (χ1v) is 12.4. The van der Waals surface area contributed by atoms with Crippen molar-refractivity contribution in [3.63, 3.8) is 0 Å². The second-order valence-electron chi connectivity index (χ2n) is 8.18. The Morgan fingerprint density at radius 3 is 1.88 bits per heavy atom. The van der Waals surface area contributed by atoms with Crippen LogP contribution in [0, 0.1) is 11.8 Å². The van der Waals surface area contributed by atoms with E-state index in [0.29, 0.717) is 0 Å². The van der Waals surface area contributed by atoms with E-state index in [4.69, 9.17) is 0 Å². The highest BCUT2D eigenvalue weighted by Crippen LogP contribution is 2.37. The Kier molecular flexibility index (Phi) is 7.86. The summed E-state index contributed by atoms with van der Waals surface area (Å²) in [6.07, 6.45) is 18.4. The van der Waals surface area contributed by atoms with E-state index in [2.05, 4.69) is 37.3 Å². The minimum absolute atomic E-state index is 1.00. The summed E-state index contributed by atoms with van der Waals surface area (Å²) in [5, 5.41) is 0. The van der Waals surface area contributed by atoms with Gasteiger partial charge in [0.05, 0.1) is 0 Å². The minimum Gasteiger partial charge on any atom is -0.139 e. The highest BCUT2D eigenvalue weighted by Gasteiger charge is 2.20. The molecule has 0 spiro atoms. The smallest absolute Gasteiger partial charge is 0.0456 e. The molecular formula is C23H36S2. The number of aryl methyl sites for hydroxylation is 2. The van der Waals surface area contributed by atoms with Crippen LogP contribution in [-0.4, -0.2) is 0 Å². The largest absolute Gasteiger partial charge is 0.139 e. The van der Waals surface area contributed by atoms with Crippen LogP contribution in [0.5, 0.6) is 0 Å². The average molecular weight is 377 g/mol. The van der Waals surface area contributed by atoms with Gasteiger partial charge in [0.15, 0.2) is 0 Å². The number of thiophene rings is 2. The van der Waals surface area contributed by atoms with Crippen molar-refractivity contribution in [1.29, 1.82) is 0 Å². The van der Waals surface area contributed by atoms with Gasteiger partial charge in [0.25, 0.3) is 0 Å². The summed E-state index contributed by atoms with van der Waals surface area (Å²) in [6.45, 7) is 4.61. The van der Waals surface area contributed by atoms with E-state index in [1.807, 2.05) is 11.3 Å². The normalized spacial score (nSPS) is 21.2. The van der Waals surface area contributed by atoms with Gasteiger partial charge in [-0.2, -0.15) is 0 Å². The third-order valence-electron chi connectivity index (χ3n) is 6.07. The Morgan fingerprint density at radius 2 is 1.28 bits per heavy atom. The van der Waals surface area contributed by atoms with E-state index in [9.17, 15) is 0 Å². The van der Waals surface area contributed by atoms with Crippen LogP contribution in [0.25, 0.3) is 9.40 Å². The molecule has 0 N–H and O–H groups in total. The summed E-state index contributed by atoms with van der Waals surface area (Å²) >= 11 is 4.12. The summed E-state index contributed by atoms with van der Waals surface area (Å²) in [5.74, 6) is 2.05. The standard InChI is InChI=1S/C23H36S2/c1-3-5-7-9-20-16-22-23(24-20)17-21(25-22)15-14-19-12-10-18(11-13-19)8-6-4-2/h16-19H,3-15H2,1-2H3. The monoisotopic (exact) mass is 376 g/mol. The Labute approximate surface area is 163 Å². The van der Waals surface area contributed by atoms with E-state index >= 15 is 0 Å². The van der Waals surface area contributed by atoms with Crippen LogP contribution in [0.4, 0.5) is 0 Å². The summed E-state index contributed by atoms with van der Waals surface area (Å²) in [5.41, 5.74) is 0. The van der Waals surface area contributed by atoms with Crippen molar-refractivity contribution >= 4 is 32.1 Å². The molecule has 2 heteroatoms. The molecule has 0 atom stereocenters. The first-order chi connectivity index (χ1) is 12.3. The number of hydrogen-bond acceptors (Lipinski definition) is 2. The van der Waals surface area contributed by atoms with Crippen LogP contribution in [0.3, 0.4) is 0 Å². The van der Waals surface area contributed by atoms with Gasteiger partial charge in [0, 0.05) is 19.2 Å².